The molecule has 2 aromatic heterocycles. The minimum absolute atomic E-state index is 0.00962. The molecule has 3 aromatic rings. The smallest absolute Gasteiger partial charge is 0.162 e. The number of fused-ring (bicyclic) bond motifs is 3. The van der Waals surface area contributed by atoms with Crippen LogP contribution in [0.1, 0.15) is 45.9 Å². The number of aromatic nitrogens is 3. The van der Waals surface area contributed by atoms with Gasteiger partial charge in [-0.1, -0.05) is 32.9 Å². The van der Waals surface area contributed by atoms with Crippen molar-refractivity contribution in [3.63, 3.8) is 0 Å². The molecule has 0 N–H and O–H groups in total. The highest BCUT2D eigenvalue weighted by Crippen LogP contribution is 2.39. The Kier molecular flexibility index (Phi) is 5.65. The summed E-state index contributed by atoms with van der Waals surface area (Å²) in [4.78, 5) is 14.4. The quantitative estimate of drug-likeness (QED) is 0.558. The van der Waals surface area contributed by atoms with E-state index in [0.717, 1.165) is 54.9 Å². The Bertz CT molecular complexity index is 1040. The van der Waals surface area contributed by atoms with Gasteiger partial charge >= 0.3 is 0 Å². The molecule has 1 aromatic carbocycles. The standard InChI is InChI=1S/C25H33N5O/c1-7-28(8-2)19-13-21-23(26-14-19)24-27-15-22(25(3,4)5)30(24)17-29(21)16-18-9-11-20(31-6)12-10-18/h9-15H,7-8,16-17H2,1-6H3. The van der Waals surface area contributed by atoms with Crippen LogP contribution in [-0.2, 0) is 18.6 Å². The van der Waals surface area contributed by atoms with Crippen LogP contribution in [-0.4, -0.2) is 34.7 Å². The highest BCUT2D eigenvalue weighted by atomic mass is 16.5. The lowest BCUT2D eigenvalue weighted by Gasteiger charge is -2.35. The lowest BCUT2D eigenvalue weighted by atomic mass is 9.92. The number of anilines is 2. The highest BCUT2D eigenvalue weighted by Gasteiger charge is 2.30. The Labute approximate surface area is 185 Å². The van der Waals surface area contributed by atoms with Crippen molar-refractivity contribution in [2.45, 2.75) is 53.2 Å². The molecule has 0 fully saturated rings. The Morgan fingerprint density at radius 3 is 2.35 bits per heavy atom. The lowest BCUT2D eigenvalue weighted by molar-refractivity contribution is 0.414. The van der Waals surface area contributed by atoms with Gasteiger partial charge in [0, 0.05) is 36.9 Å². The average molecular weight is 420 g/mol. The van der Waals surface area contributed by atoms with Crippen molar-refractivity contribution in [2.75, 3.05) is 30.0 Å². The van der Waals surface area contributed by atoms with Gasteiger partial charge in [-0.05, 0) is 37.6 Å². The van der Waals surface area contributed by atoms with Crippen molar-refractivity contribution < 1.29 is 4.74 Å². The predicted octanol–water partition coefficient (Wildman–Crippen LogP) is 5.08. The van der Waals surface area contributed by atoms with Crippen molar-refractivity contribution in [3.05, 3.63) is 54.0 Å². The lowest BCUT2D eigenvalue weighted by Crippen LogP contribution is -2.33. The molecule has 0 amide bonds. The van der Waals surface area contributed by atoms with Crippen LogP contribution in [0.25, 0.3) is 11.5 Å². The molecule has 1 aliphatic rings. The molecule has 1 aliphatic heterocycles. The number of ether oxygens (including phenoxy) is 1. The SMILES string of the molecule is CCN(CC)c1cnc2c(c1)N(Cc1ccc(OC)cc1)Cn1c(C(C)(C)C)cnc1-2. The fraction of sp³-hybridized carbons (Fsp3) is 0.440. The number of benzene rings is 1. The van der Waals surface area contributed by atoms with E-state index in [1.54, 1.807) is 7.11 Å². The maximum atomic E-state index is 5.33. The normalized spacial score (nSPS) is 13.0. The number of imidazole rings is 1. The molecule has 0 saturated carbocycles. The summed E-state index contributed by atoms with van der Waals surface area (Å²) >= 11 is 0. The summed E-state index contributed by atoms with van der Waals surface area (Å²) in [6, 6.07) is 10.6. The predicted molar refractivity (Wildman–Crippen MR) is 127 cm³/mol. The first-order valence-corrected chi connectivity index (χ1v) is 11.0. The zero-order chi connectivity index (χ0) is 22.2. The molecule has 0 bridgehead atoms. The molecule has 31 heavy (non-hydrogen) atoms. The number of rotatable bonds is 6. The molecular formula is C25H33N5O. The summed E-state index contributed by atoms with van der Waals surface area (Å²) in [5.41, 5.74) is 5.71. The van der Waals surface area contributed by atoms with E-state index in [0.29, 0.717) is 0 Å². The zero-order valence-corrected chi connectivity index (χ0v) is 19.5. The molecule has 3 heterocycles. The fourth-order valence-corrected chi connectivity index (χ4v) is 4.26. The van der Waals surface area contributed by atoms with E-state index in [4.69, 9.17) is 14.7 Å². The minimum atomic E-state index is 0.00962. The van der Waals surface area contributed by atoms with Gasteiger partial charge in [-0.15, -0.1) is 0 Å². The topological polar surface area (TPSA) is 46.4 Å². The molecule has 0 spiro atoms. The molecule has 6 nitrogen and oxygen atoms in total. The maximum Gasteiger partial charge on any atom is 0.162 e. The second kappa shape index (κ2) is 8.25. The molecule has 4 rings (SSSR count). The van der Waals surface area contributed by atoms with Gasteiger partial charge in [0.2, 0.25) is 0 Å². The summed E-state index contributed by atoms with van der Waals surface area (Å²) in [7, 11) is 1.70. The van der Waals surface area contributed by atoms with Crippen LogP contribution in [0.15, 0.2) is 42.7 Å². The van der Waals surface area contributed by atoms with Crippen LogP contribution < -0.4 is 14.5 Å². The first kappa shape index (κ1) is 21.2. The van der Waals surface area contributed by atoms with E-state index in [9.17, 15) is 0 Å². The van der Waals surface area contributed by atoms with E-state index in [-0.39, 0.29) is 5.41 Å². The van der Waals surface area contributed by atoms with Crippen LogP contribution in [0, 0.1) is 0 Å². The van der Waals surface area contributed by atoms with E-state index >= 15 is 0 Å². The van der Waals surface area contributed by atoms with Gasteiger partial charge in [-0.3, -0.25) is 0 Å². The van der Waals surface area contributed by atoms with Crippen molar-refractivity contribution >= 4 is 11.4 Å². The van der Waals surface area contributed by atoms with E-state index in [1.807, 2.05) is 24.5 Å². The molecule has 6 heteroatoms. The minimum Gasteiger partial charge on any atom is -0.497 e. The molecule has 0 radical (unpaired) electrons. The zero-order valence-electron chi connectivity index (χ0n) is 19.5. The summed E-state index contributed by atoms with van der Waals surface area (Å²) in [5.74, 6) is 1.83. The highest BCUT2D eigenvalue weighted by molar-refractivity contribution is 5.76. The average Bonchev–Trinajstić information content (AvgIpc) is 3.20. The van der Waals surface area contributed by atoms with Gasteiger partial charge in [0.25, 0.3) is 0 Å². The van der Waals surface area contributed by atoms with Gasteiger partial charge in [0.05, 0.1) is 31.4 Å². The van der Waals surface area contributed by atoms with Crippen LogP contribution in [0.5, 0.6) is 5.75 Å². The second-order valence-corrected chi connectivity index (χ2v) is 9.07. The Balaban J connectivity index is 1.79. The molecule has 0 unspecified atom stereocenters. The van der Waals surface area contributed by atoms with Crippen LogP contribution in [0.4, 0.5) is 11.4 Å². The van der Waals surface area contributed by atoms with Crippen molar-refractivity contribution in [1.29, 1.82) is 0 Å². The van der Waals surface area contributed by atoms with Crippen LogP contribution >= 0.6 is 0 Å². The van der Waals surface area contributed by atoms with Crippen molar-refractivity contribution in [2.24, 2.45) is 0 Å². The first-order valence-electron chi connectivity index (χ1n) is 11.0. The third kappa shape index (κ3) is 3.99. The Hall–Kier alpha value is -3.02. The van der Waals surface area contributed by atoms with Gasteiger partial charge in [-0.25, -0.2) is 9.97 Å². The third-order valence-corrected chi connectivity index (χ3v) is 6.00. The number of nitrogens with zero attached hydrogens (tertiary/aromatic N) is 5. The summed E-state index contributed by atoms with van der Waals surface area (Å²) in [6.07, 6.45) is 3.99. The van der Waals surface area contributed by atoms with E-state index in [1.165, 1.54) is 11.3 Å². The van der Waals surface area contributed by atoms with Gasteiger partial charge in [0.1, 0.15) is 11.4 Å². The summed E-state index contributed by atoms with van der Waals surface area (Å²) < 4.78 is 7.65. The monoisotopic (exact) mass is 419 g/mol. The van der Waals surface area contributed by atoms with Gasteiger partial charge < -0.3 is 19.1 Å². The van der Waals surface area contributed by atoms with Crippen LogP contribution in [0.2, 0.25) is 0 Å². The summed E-state index contributed by atoms with van der Waals surface area (Å²) in [5, 5.41) is 0. The largest absolute Gasteiger partial charge is 0.497 e. The van der Waals surface area contributed by atoms with Crippen molar-refractivity contribution in [3.8, 4) is 17.3 Å². The second-order valence-electron chi connectivity index (χ2n) is 9.07. The first-order chi connectivity index (χ1) is 14.9. The molecule has 164 valence electrons. The number of hydrogen-bond donors (Lipinski definition) is 0. The molecule has 0 atom stereocenters. The number of methoxy groups -OCH3 is 1. The number of hydrogen-bond acceptors (Lipinski definition) is 5. The third-order valence-electron chi connectivity index (χ3n) is 6.00. The van der Waals surface area contributed by atoms with Crippen molar-refractivity contribution in [1.82, 2.24) is 14.5 Å². The van der Waals surface area contributed by atoms with Crippen LogP contribution in [0.3, 0.4) is 0 Å². The molecular weight excluding hydrogens is 386 g/mol. The molecule has 0 saturated heterocycles. The Morgan fingerprint density at radius 1 is 1.03 bits per heavy atom. The number of pyridine rings is 1. The van der Waals surface area contributed by atoms with E-state index in [2.05, 4.69) is 67.2 Å². The van der Waals surface area contributed by atoms with E-state index < -0.39 is 0 Å². The fourth-order valence-electron chi connectivity index (χ4n) is 4.26. The maximum absolute atomic E-state index is 5.33. The summed E-state index contributed by atoms with van der Waals surface area (Å²) in [6.45, 7) is 14.5. The van der Waals surface area contributed by atoms with Gasteiger partial charge in [0.15, 0.2) is 5.82 Å². The Morgan fingerprint density at radius 2 is 1.74 bits per heavy atom. The molecule has 0 aliphatic carbocycles. The van der Waals surface area contributed by atoms with Gasteiger partial charge in [-0.2, -0.15) is 0 Å².